The summed E-state index contributed by atoms with van der Waals surface area (Å²) in [5, 5.41) is 3.70. The Morgan fingerprint density at radius 3 is 2.26 bits per heavy atom. The molecule has 1 N–H and O–H groups in total. The predicted molar refractivity (Wildman–Crippen MR) is 155 cm³/mol. The van der Waals surface area contributed by atoms with Crippen molar-refractivity contribution in [1.82, 2.24) is 14.5 Å². The van der Waals surface area contributed by atoms with Crippen LogP contribution in [0.1, 0.15) is 43.7 Å². The first-order valence-electron chi connectivity index (χ1n) is 13.5. The summed E-state index contributed by atoms with van der Waals surface area (Å²) in [4.78, 5) is 14.7. The van der Waals surface area contributed by atoms with Gasteiger partial charge in [-0.3, -0.25) is 4.79 Å². The molecule has 0 aromatic heterocycles. The van der Waals surface area contributed by atoms with E-state index in [4.69, 9.17) is 21.1 Å². The molecule has 1 unspecified atom stereocenters. The third-order valence-corrected chi connectivity index (χ3v) is 9.65. The Labute approximate surface area is 238 Å². The standard InChI is InChI=1S/C29H42ClN3O5S/c1-32(2)29(24-9-11-25(30)12-10-24)23-7-5-22(6-8-23)17-18-31-28(34)21-38-20-19-33(3)39(35,36)27-15-13-26(37-4)14-16-27/h9-16,22-23,29H,5-8,17-21H2,1-4H3,(H,31,34). The van der Waals surface area contributed by atoms with E-state index >= 15 is 0 Å². The summed E-state index contributed by atoms with van der Waals surface area (Å²) in [6.45, 7) is 0.811. The van der Waals surface area contributed by atoms with Crippen molar-refractivity contribution in [3.63, 3.8) is 0 Å². The topological polar surface area (TPSA) is 88.2 Å². The number of methoxy groups -OCH3 is 1. The summed E-state index contributed by atoms with van der Waals surface area (Å²) >= 11 is 6.09. The minimum Gasteiger partial charge on any atom is -0.497 e. The zero-order valence-corrected chi connectivity index (χ0v) is 25.0. The number of rotatable bonds is 14. The van der Waals surface area contributed by atoms with E-state index in [0.29, 0.717) is 30.2 Å². The molecule has 8 nitrogen and oxygen atoms in total. The van der Waals surface area contributed by atoms with Crippen LogP contribution in [0.15, 0.2) is 53.4 Å². The number of hydrogen-bond acceptors (Lipinski definition) is 6. The highest BCUT2D eigenvalue weighted by atomic mass is 35.5. The molecule has 1 amide bonds. The highest BCUT2D eigenvalue weighted by molar-refractivity contribution is 7.89. The maximum atomic E-state index is 12.7. The second kappa shape index (κ2) is 15.0. The SMILES string of the molecule is COc1ccc(S(=O)(=O)N(C)CCOCC(=O)NCCC2CCC(C(c3ccc(Cl)cc3)N(C)C)CC2)cc1. The molecule has 1 fully saturated rings. The number of carbonyl (C=O) groups excluding carboxylic acids is 1. The molecule has 1 aliphatic carbocycles. The van der Waals surface area contributed by atoms with E-state index in [1.54, 1.807) is 12.1 Å². The minimum absolute atomic E-state index is 0.0885. The molecule has 1 aliphatic rings. The molecule has 216 valence electrons. The van der Waals surface area contributed by atoms with Crippen molar-refractivity contribution < 1.29 is 22.7 Å². The van der Waals surface area contributed by atoms with Gasteiger partial charge in [-0.15, -0.1) is 0 Å². The largest absolute Gasteiger partial charge is 0.497 e. The van der Waals surface area contributed by atoms with Crippen molar-refractivity contribution in [2.45, 2.75) is 43.0 Å². The van der Waals surface area contributed by atoms with Crippen LogP contribution in [0.4, 0.5) is 0 Å². The normalized spacial score (nSPS) is 18.7. The van der Waals surface area contributed by atoms with Gasteiger partial charge in [0.2, 0.25) is 15.9 Å². The second-order valence-electron chi connectivity index (χ2n) is 10.4. The van der Waals surface area contributed by atoms with Crippen LogP contribution in [0.2, 0.25) is 5.02 Å². The molecule has 0 aliphatic heterocycles. The first kappa shape index (κ1) is 31.4. The maximum Gasteiger partial charge on any atom is 0.245 e. The molecule has 2 aromatic rings. The fourth-order valence-electron chi connectivity index (χ4n) is 5.32. The zero-order chi connectivity index (χ0) is 28.4. The van der Waals surface area contributed by atoms with Crippen LogP contribution in [0.5, 0.6) is 5.75 Å². The monoisotopic (exact) mass is 579 g/mol. The highest BCUT2D eigenvalue weighted by Gasteiger charge is 2.30. The average molecular weight is 580 g/mol. The number of nitrogens with zero attached hydrogens (tertiary/aromatic N) is 2. The average Bonchev–Trinajstić information content (AvgIpc) is 2.93. The second-order valence-corrected chi connectivity index (χ2v) is 12.9. The molecule has 10 heteroatoms. The van der Waals surface area contributed by atoms with Gasteiger partial charge in [0.1, 0.15) is 12.4 Å². The third kappa shape index (κ3) is 9.18. The summed E-state index contributed by atoms with van der Waals surface area (Å²) in [6, 6.07) is 14.8. The van der Waals surface area contributed by atoms with Crippen molar-refractivity contribution in [3.05, 3.63) is 59.1 Å². The number of likely N-dealkylation sites (N-methyl/N-ethyl adjacent to an activating group) is 1. The van der Waals surface area contributed by atoms with Crippen LogP contribution in [0.25, 0.3) is 0 Å². The van der Waals surface area contributed by atoms with Gasteiger partial charge in [0.15, 0.2) is 0 Å². The number of benzene rings is 2. The summed E-state index contributed by atoms with van der Waals surface area (Å²) in [6.07, 6.45) is 5.60. The van der Waals surface area contributed by atoms with E-state index in [-0.39, 0.29) is 30.6 Å². The van der Waals surface area contributed by atoms with Crippen molar-refractivity contribution >= 4 is 27.5 Å². The van der Waals surface area contributed by atoms with Crippen LogP contribution in [0.3, 0.4) is 0 Å². The lowest BCUT2D eigenvalue weighted by Gasteiger charge is -2.37. The van der Waals surface area contributed by atoms with E-state index in [1.807, 2.05) is 12.1 Å². The Balaban J connectivity index is 1.31. The van der Waals surface area contributed by atoms with Crippen molar-refractivity contribution in [2.75, 3.05) is 54.6 Å². The molecule has 0 bridgehead atoms. The number of halogens is 1. The zero-order valence-electron chi connectivity index (χ0n) is 23.4. The lowest BCUT2D eigenvalue weighted by molar-refractivity contribution is -0.125. The van der Waals surface area contributed by atoms with Crippen molar-refractivity contribution in [3.8, 4) is 5.75 Å². The first-order chi connectivity index (χ1) is 18.6. The molecule has 0 saturated heterocycles. The molecule has 0 radical (unpaired) electrons. The fraction of sp³-hybridized carbons (Fsp3) is 0.552. The maximum absolute atomic E-state index is 12.7. The number of ether oxygens (including phenoxy) is 2. The van der Waals surface area contributed by atoms with E-state index in [2.05, 4.69) is 36.4 Å². The quantitative estimate of drug-likeness (QED) is 0.329. The van der Waals surface area contributed by atoms with E-state index in [9.17, 15) is 13.2 Å². The Kier molecular flexibility index (Phi) is 12.1. The van der Waals surface area contributed by atoms with Gasteiger partial charge in [-0.1, -0.05) is 36.6 Å². The predicted octanol–water partition coefficient (Wildman–Crippen LogP) is 4.60. The third-order valence-electron chi connectivity index (χ3n) is 7.53. The molecule has 1 saturated carbocycles. The number of carbonyl (C=O) groups is 1. The van der Waals surface area contributed by atoms with Gasteiger partial charge in [-0.2, -0.15) is 4.31 Å². The van der Waals surface area contributed by atoms with Crippen LogP contribution in [-0.4, -0.2) is 78.1 Å². The Morgan fingerprint density at radius 1 is 1.03 bits per heavy atom. The van der Waals surface area contributed by atoms with Gasteiger partial charge in [-0.25, -0.2) is 8.42 Å². The van der Waals surface area contributed by atoms with Gasteiger partial charge in [0, 0.05) is 31.2 Å². The van der Waals surface area contributed by atoms with Crippen LogP contribution < -0.4 is 10.1 Å². The molecule has 3 rings (SSSR count). The van der Waals surface area contributed by atoms with Gasteiger partial charge in [-0.05, 0) is 87.2 Å². The molecule has 2 aromatic carbocycles. The van der Waals surface area contributed by atoms with Gasteiger partial charge < -0.3 is 19.7 Å². The Bertz CT molecular complexity index is 1130. The molecular formula is C29H42ClN3O5S. The summed E-state index contributed by atoms with van der Waals surface area (Å²) < 4.78 is 37.1. The molecule has 0 spiro atoms. The Morgan fingerprint density at radius 2 is 1.67 bits per heavy atom. The molecule has 39 heavy (non-hydrogen) atoms. The van der Waals surface area contributed by atoms with Gasteiger partial charge in [0.05, 0.1) is 18.6 Å². The number of nitrogens with one attached hydrogen (secondary N) is 1. The lowest BCUT2D eigenvalue weighted by Crippen LogP contribution is -2.34. The molecule has 0 heterocycles. The van der Waals surface area contributed by atoms with E-state index in [1.165, 1.54) is 49.0 Å². The van der Waals surface area contributed by atoms with Gasteiger partial charge >= 0.3 is 0 Å². The number of sulfonamides is 1. The first-order valence-corrected chi connectivity index (χ1v) is 15.3. The van der Waals surface area contributed by atoms with E-state index in [0.717, 1.165) is 24.3 Å². The summed E-state index contributed by atoms with van der Waals surface area (Å²) in [5.41, 5.74) is 1.31. The van der Waals surface area contributed by atoms with Crippen LogP contribution in [0, 0.1) is 11.8 Å². The van der Waals surface area contributed by atoms with Gasteiger partial charge in [0.25, 0.3) is 0 Å². The fourth-order valence-corrected chi connectivity index (χ4v) is 6.60. The summed E-state index contributed by atoms with van der Waals surface area (Å²) in [7, 11) is 3.67. The number of hydrogen-bond donors (Lipinski definition) is 1. The Hall–Kier alpha value is -2.17. The molecule has 1 atom stereocenters. The van der Waals surface area contributed by atoms with Crippen molar-refractivity contribution in [1.29, 1.82) is 0 Å². The van der Waals surface area contributed by atoms with E-state index < -0.39 is 10.0 Å². The van der Waals surface area contributed by atoms with Crippen LogP contribution >= 0.6 is 11.6 Å². The minimum atomic E-state index is -3.63. The smallest absolute Gasteiger partial charge is 0.245 e. The lowest BCUT2D eigenvalue weighted by atomic mass is 9.75. The summed E-state index contributed by atoms with van der Waals surface area (Å²) in [5.74, 6) is 1.62. The number of amides is 1. The highest BCUT2D eigenvalue weighted by Crippen LogP contribution is 2.40. The molecular weight excluding hydrogens is 538 g/mol. The van der Waals surface area contributed by atoms with Crippen molar-refractivity contribution in [2.24, 2.45) is 11.8 Å². The van der Waals surface area contributed by atoms with Crippen LogP contribution in [-0.2, 0) is 19.6 Å².